The molecule has 1 aliphatic carbocycles. The maximum Gasteiger partial charge on any atom is 0.236 e. The highest BCUT2D eigenvalue weighted by Gasteiger charge is 2.53. The maximum absolute atomic E-state index is 13.5. The van der Waals surface area contributed by atoms with E-state index in [0.717, 1.165) is 12.8 Å². The molecule has 5 nitrogen and oxygen atoms in total. The zero-order valence-electron chi connectivity index (χ0n) is 13.9. The molecule has 0 N–H and O–H groups in total. The molecule has 2 heterocycles. The molecule has 7 heteroatoms. The van der Waals surface area contributed by atoms with E-state index in [4.69, 9.17) is 0 Å². The first kappa shape index (κ1) is 16.7. The fourth-order valence-electron chi connectivity index (χ4n) is 3.89. The van der Waals surface area contributed by atoms with Crippen LogP contribution < -0.4 is 0 Å². The molecule has 1 atom stereocenters. The van der Waals surface area contributed by atoms with Crippen LogP contribution in [-0.2, 0) is 26.9 Å². The maximum atomic E-state index is 13.5. The molecule has 1 unspecified atom stereocenters. The number of hydrogen-bond donors (Lipinski definition) is 0. The monoisotopic (exact) mass is 364 g/mol. The molecule has 1 spiro atoms. The van der Waals surface area contributed by atoms with Gasteiger partial charge in [-0.2, -0.15) is 0 Å². The summed E-state index contributed by atoms with van der Waals surface area (Å²) in [6.45, 7) is 1.33. The zero-order chi connectivity index (χ0) is 17.6. The van der Waals surface area contributed by atoms with Crippen LogP contribution in [0.15, 0.2) is 24.3 Å². The number of likely N-dealkylation sites (tertiary alicyclic amines) is 1. The van der Waals surface area contributed by atoms with Gasteiger partial charge in [-0.25, -0.2) is 4.39 Å². The van der Waals surface area contributed by atoms with E-state index >= 15 is 0 Å². The van der Waals surface area contributed by atoms with Gasteiger partial charge in [0.15, 0.2) is 0 Å². The first-order valence-corrected chi connectivity index (χ1v) is 10.0. The van der Waals surface area contributed by atoms with Crippen molar-refractivity contribution in [1.82, 2.24) is 9.80 Å². The lowest BCUT2D eigenvalue weighted by Crippen LogP contribution is -2.55. The normalized spacial score (nSPS) is 25.6. The molecule has 2 aliphatic heterocycles. The van der Waals surface area contributed by atoms with Gasteiger partial charge in [0.1, 0.15) is 16.4 Å². The molecule has 0 bridgehead atoms. The lowest BCUT2D eigenvalue weighted by atomic mass is 10.0. The number of carbonyl (C=O) groups excluding carboxylic acids is 2. The number of piperidine rings is 1. The lowest BCUT2D eigenvalue weighted by Gasteiger charge is -2.43. The van der Waals surface area contributed by atoms with E-state index in [0.29, 0.717) is 31.5 Å². The molecule has 1 aromatic rings. The number of nitrogens with zero attached hydrogens (tertiary/aromatic N) is 2. The highest BCUT2D eigenvalue weighted by atomic mass is 32.2. The van der Waals surface area contributed by atoms with Crippen LogP contribution >= 0.6 is 0 Å². The van der Waals surface area contributed by atoms with Gasteiger partial charge >= 0.3 is 0 Å². The first-order valence-electron chi connectivity index (χ1n) is 8.72. The fourth-order valence-corrected chi connectivity index (χ4v) is 5.59. The minimum absolute atomic E-state index is 0.0197. The Morgan fingerprint density at radius 3 is 2.64 bits per heavy atom. The lowest BCUT2D eigenvalue weighted by molar-refractivity contribution is -0.136. The number of halogens is 1. The van der Waals surface area contributed by atoms with Crippen molar-refractivity contribution in [3.8, 4) is 0 Å². The van der Waals surface area contributed by atoms with Gasteiger partial charge in [0.2, 0.25) is 11.8 Å². The standard InChI is InChI=1S/C18H21FN2O3S/c19-15-3-1-2-13(10-15)11-21-16(22)12-25(24)18(21)6-8-20(9-7-18)17(23)14-4-5-14/h1-3,10,14H,4-9,11-12H2. The summed E-state index contributed by atoms with van der Waals surface area (Å²) in [7, 11) is -1.29. The number of carbonyl (C=O) groups is 2. The van der Waals surface area contributed by atoms with Gasteiger partial charge in [-0.1, -0.05) is 12.1 Å². The summed E-state index contributed by atoms with van der Waals surface area (Å²) in [4.78, 5) is 27.5. The van der Waals surface area contributed by atoms with Gasteiger partial charge < -0.3 is 9.80 Å². The van der Waals surface area contributed by atoms with E-state index < -0.39 is 15.7 Å². The highest BCUT2D eigenvalue weighted by molar-refractivity contribution is 7.87. The van der Waals surface area contributed by atoms with E-state index in [1.807, 2.05) is 4.90 Å². The number of benzene rings is 1. The van der Waals surface area contributed by atoms with Crippen LogP contribution in [0.4, 0.5) is 4.39 Å². The van der Waals surface area contributed by atoms with E-state index in [9.17, 15) is 18.2 Å². The molecule has 2 saturated heterocycles. The van der Waals surface area contributed by atoms with Crippen molar-refractivity contribution in [2.24, 2.45) is 5.92 Å². The molecule has 2 amide bonds. The summed E-state index contributed by atoms with van der Waals surface area (Å²) in [5.41, 5.74) is 0.697. The summed E-state index contributed by atoms with van der Waals surface area (Å²) >= 11 is 0. The quantitative estimate of drug-likeness (QED) is 0.819. The molecule has 0 aromatic heterocycles. The number of rotatable bonds is 3. The van der Waals surface area contributed by atoms with Crippen LogP contribution in [-0.4, -0.2) is 49.5 Å². The van der Waals surface area contributed by atoms with Crippen LogP contribution in [0, 0.1) is 11.7 Å². The summed E-state index contributed by atoms with van der Waals surface area (Å²) in [6.07, 6.45) is 2.99. The molecule has 134 valence electrons. The Balaban J connectivity index is 1.53. The van der Waals surface area contributed by atoms with Gasteiger partial charge in [-0.05, 0) is 30.5 Å². The number of amides is 2. The molecule has 25 heavy (non-hydrogen) atoms. The molecule has 1 aromatic carbocycles. The molecule has 4 rings (SSSR count). The van der Waals surface area contributed by atoms with E-state index in [-0.39, 0.29) is 35.8 Å². The predicted molar refractivity (Wildman–Crippen MR) is 91.2 cm³/mol. The van der Waals surface area contributed by atoms with Crippen molar-refractivity contribution in [3.05, 3.63) is 35.6 Å². The van der Waals surface area contributed by atoms with E-state index in [1.165, 1.54) is 12.1 Å². The van der Waals surface area contributed by atoms with Gasteiger partial charge in [0, 0.05) is 38.4 Å². The molecule has 3 aliphatic rings. The Morgan fingerprint density at radius 2 is 2.00 bits per heavy atom. The zero-order valence-corrected chi connectivity index (χ0v) is 14.8. The van der Waals surface area contributed by atoms with Crippen LogP contribution in [0.2, 0.25) is 0 Å². The average molecular weight is 364 g/mol. The third kappa shape index (κ3) is 2.99. The Labute approximate surface area is 148 Å². The third-order valence-electron chi connectivity index (χ3n) is 5.48. The van der Waals surface area contributed by atoms with Crippen LogP contribution in [0.1, 0.15) is 31.2 Å². The second kappa shape index (κ2) is 6.20. The second-order valence-corrected chi connectivity index (χ2v) is 8.89. The van der Waals surface area contributed by atoms with Crippen LogP contribution in [0.25, 0.3) is 0 Å². The van der Waals surface area contributed by atoms with E-state index in [1.54, 1.807) is 17.0 Å². The SMILES string of the molecule is O=C(C1CC1)N1CCC2(CC1)N(Cc1cccc(F)c1)C(=O)CS2=O. The summed E-state index contributed by atoms with van der Waals surface area (Å²) in [6, 6.07) is 6.17. The minimum Gasteiger partial charge on any atom is -0.342 e. The van der Waals surface area contributed by atoms with Crippen molar-refractivity contribution in [2.75, 3.05) is 18.8 Å². The Hall–Kier alpha value is -1.76. The minimum atomic E-state index is -1.29. The topological polar surface area (TPSA) is 57.7 Å². The first-order chi connectivity index (χ1) is 12.0. The summed E-state index contributed by atoms with van der Waals surface area (Å²) in [5, 5.41) is 0. The Kier molecular flexibility index (Phi) is 4.14. The van der Waals surface area contributed by atoms with Crippen molar-refractivity contribution < 1.29 is 18.2 Å². The predicted octanol–water partition coefficient (Wildman–Crippen LogP) is 1.65. The number of hydrogen-bond acceptors (Lipinski definition) is 3. The fraction of sp³-hybridized carbons (Fsp3) is 0.556. The Morgan fingerprint density at radius 1 is 1.28 bits per heavy atom. The van der Waals surface area contributed by atoms with Gasteiger partial charge in [-0.3, -0.25) is 13.8 Å². The van der Waals surface area contributed by atoms with Crippen molar-refractivity contribution in [1.29, 1.82) is 0 Å². The average Bonchev–Trinajstić information content (AvgIpc) is 3.41. The van der Waals surface area contributed by atoms with E-state index in [2.05, 4.69) is 0 Å². The summed E-state index contributed by atoms with van der Waals surface area (Å²) in [5.74, 6) is -0.102. The second-order valence-electron chi connectivity index (χ2n) is 7.15. The Bertz CT molecular complexity index is 742. The van der Waals surface area contributed by atoms with Crippen LogP contribution in [0.3, 0.4) is 0 Å². The van der Waals surface area contributed by atoms with Gasteiger partial charge in [0.05, 0.1) is 10.8 Å². The molecule has 1 saturated carbocycles. The van der Waals surface area contributed by atoms with Gasteiger partial charge in [0.25, 0.3) is 0 Å². The molecule has 3 fully saturated rings. The molecular formula is C18H21FN2O3S. The van der Waals surface area contributed by atoms with Crippen molar-refractivity contribution in [3.63, 3.8) is 0 Å². The largest absolute Gasteiger partial charge is 0.342 e. The van der Waals surface area contributed by atoms with Crippen LogP contribution in [0.5, 0.6) is 0 Å². The smallest absolute Gasteiger partial charge is 0.236 e. The van der Waals surface area contributed by atoms with Gasteiger partial charge in [-0.15, -0.1) is 0 Å². The molecular weight excluding hydrogens is 343 g/mol. The molecule has 0 radical (unpaired) electrons. The highest BCUT2D eigenvalue weighted by Crippen LogP contribution is 2.40. The van der Waals surface area contributed by atoms with Crippen molar-refractivity contribution >= 4 is 22.6 Å². The summed E-state index contributed by atoms with van der Waals surface area (Å²) < 4.78 is 26.2. The third-order valence-corrected chi connectivity index (χ3v) is 7.47. The van der Waals surface area contributed by atoms with Crippen molar-refractivity contribution in [2.45, 2.75) is 37.1 Å².